The molecular formula is C20H21N3O4S. The van der Waals surface area contributed by atoms with Crippen molar-refractivity contribution in [1.82, 2.24) is 10.2 Å². The molecule has 0 spiro atoms. The number of amides is 2. The molecular weight excluding hydrogens is 378 g/mol. The molecule has 0 radical (unpaired) electrons. The number of nitrogens with zero attached hydrogens (tertiary/aromatic N) is 1. The summed E-state index contributed by atoms with van der Waals surface area (Å²) in [7, 11) is 1.27. The van der Waals surface area contributed by atoms with Crippen molar-refractivity contribution in [1.29, 1.82) is 0 Å². The van der Waals surface area contributed by atoms with E-state index in [2.05, 4.69) is 10.1 Å². The number of nitrogens with two attached hydrogens (primary N) is 1. The Bertz CT molecular complexity index is 871. The topological polar surface area (TPSA) is 102 Å². The third-order valence-corrected chi connectivity index (χ3v) is 4.26. The number of hydrogen-bond donors (Lipinski definition) is 2. The number of methoxy groups -OCH3 is 1. The van der Waals surface area contributed by atoms with E-state index in [1.807, 2.05) is 30.3 Å². The first-order valence-electron chi connectivity index (χ1n) is 8.51. The molecule has 2 amide bonds. The molecule has 0 aliphatic heterocycles. The van der Waals surface area contributed by atoms with Gasteiger partial charge in [-0.1, -0.05) is 36.4 Å². The molecule has 28 heavy (non-hydrogen) atoms. The maximum atomic E-state index is 12.5. The second-order valence-corrected chi connectivity index (χ2v) is 6.34. The van der Waals surface area contributed by atoms with Crippen LogP contribution in [0.2, 0.25) is 0 Å². The van der Waals surface area contributed by atoms with Crippen LogP contribution < -0.4 is 11.1 Å². The molecule has 3 N–H and O–H groups in total. The summed E-state index contributed by atoms with van der Waals surface area (Å²) in [5.41, 5.74) is 6.74. The van der Waals surface area contributed by atoms with Gasteiger partial charge < -0.3 is 15.4 Å². The lowest BCUT2D eigenvalue weighted by molar-refractivity contribution is -0.118. The molecule has 8 heteroatoms. The number of nitrogens with one attached hydrogen (secondary N) is 1. The van der Waals surface area contributed by atoms with Gasteiger partial charge >= 0.3 is 5.97 Å². The van der Waals surface area contributed by atoms with E-state index < -0.39 is 17.8 Å². The lowest BCUT2D eigenvalue weighted by atomic mass is 10.1. The predicted octanol–water partition coefficient (Wildman–Crippen LogP) is 1.87. The van der Waals surface area contributed by atoms with Gasteiger partial charge in [-0.15, -0.1) is 0 Å². The van der Waals surface area contributed by atoms with Crippen LogP contribution in [0.25, 0.3) is 0 Å². The van der Waals surface area contributed by atoms with E-state index in [9.17, 15) is 14.4 Å². The van der Waals surface area contributed by atoms with E-state index in [0.717, 1.165) is 5.56 Å². The zero-order valence-electron chi connectivity index (χ0n) is 15.4. The highest BCUT2D eigenvalue weighted by molar-refractivity contribution is 7.80. The van der Waals surface area contributed by atoms with E-state index in [0.29, 0.717) is 6.54 Å². The van der Waals surface area contributed by atoms with Crippen molar-refractivity contribution in [3.05, 3.63) is 71.3 Å². The third kappa shape index (κ3) is 6.17. The lowest BCUT2D eigenvalue weighted by Gasteiger charge is -2.25. The number of carbonyl (C=O) groups is 3. The molecule has 2 aromatic rings. The molecule has 0 aliphatic carbocycles. The van der Waals surface area contributed by atoms with Gasteiger partial charge in [-0.25, -0.2) is 4.79 Å². The van der Waals surface area contributed by atoms with E-state index in [1.165, 1.54) is 13.2 Å². The van der Waals surface area contributed by atoms with Gasteiger partial charge in [0.05, 0.1) is 12.7 Å². The molecule has 0 aromatic heterocycles. The average molecular weight is 399 g/mol. The van der Waals surface area contributed by atoms with E-state index in [4.69, 9.17) is 18.0 Å². The Morgan fingerprint density at radius 3 is 2.39 bits per heavy atom. The summed E-state index contributed by atoms with van der Waals surface area (Å²) in [5, 5.41) is 2.80. The van der Waals surface area contributed by atoms with Crippen molar-refractivity contribution in [3.8, 4) is 0 Å². The van der Waals surface area contributed by atoms with Crippen molar-refractivity contribution in [2.24, 2.45) is 5.73 Å². The van der Waals surface area contributed by atoms with Gasteiger partial charge in [-0.2, -0.15) is 0 Å². The van der Waals surface area contributed by atoms with Crippen LogP contribution in [0.4, 0.5) is 0 Å². The molecule has 146 valence electrons. The van der Waals surface area contributed by atoms with Crippen LogP contribution in [-0.4, -0.2) is 41.5 Å². The van der Waals surface area contributed by atoms with E-state index in [1.54, 1.807) is 23.1 Å². The maximum Gasteiger partial charge on any atom is 0.337 e. The normalized spacial score (nSPS) is 10.0. The fraction of sp³-hybridized carbons (Fsp3) is 0.200. The Hall–Kier alpha value is -3.26. The second kappa shape index (κ2) is 10.2. The minimum absolute atomic E-state index is 0.0979. The molecule has 0 saturated carbocycles. The summed E-state index contributed by atoms with van der Waals surface area (Å²) in [6.07, 6.45) is 0.0979. The lowest BCUT2D eigenvalue weighted by Crippen LogP contribution is -2.43. The summed E-state index contributed by atoms with van der Waals surface area (Å²) in [6.45, 7) is 0.682. The van der Waals surface area contributed by atoms with E-state index >= 15 is 0 Å². The first kappa shape index (κ1) is 21.0. The maximum absolute atomic E-state index is 12.5. The van der Waals surface area contributed by atoms with Crippen LogP contribution >= 0.6 is 12.2 Å². The van der Waals surface area contributed by atoms with Crippen LogP contribution in [0.5, 0.6) is 0 Å². The number of primary amides is 1. The zero-order chi connectivity index (χ0) is 20.5. The summed E-state index contributed by atoms with van der Waals surface area (Å²) in [6, 6.07) is 15.6. The predicted molar refractivity (Wildman–Crippen MR) is 109 cm³/mol. The number of carbonyl (C=O) groups excluding carboxylic acids is 3. The second-order valence-electron chi connectivity index (χ2n) is 5.96. The van der Waals surface area contributed by atoms with Crippen LogP contribution in [-0.2, 0) is 16.1 Å². The number of rotatable bonds is 7. The molecule has 2 rings (SSSR count). The van der Waals surface area contributed by atoms with Crippen molar-refractivity contribution in [2.45, 2.75) is 13.0 Å². The van der Waals surface area contributed by atoms with Gasteiger partial charge in [0, 0.05) is 25.1 Å². The monoisotopic (exact) mass is 399 g/mol. The minimum atomic E-state index is -0.538. The van der Waals surface area contributed by atoms with Gasteiger partial charge in [0.1, 0.15) is 0 Å². The quantitative estimate of drug-likeness (QED) is 0.544. The van der Waals surface area contributed by atoms with Gasteiger partial charge in [0.15, 0.2) is 5.11 Å². The van der Waals surface area contributed by atoms with Crippen LogP contribution in [0.3, 0.4) is 0 Å². The molecule has 0 unspecified atom stereocenters. The molecule has 0 saturated heterocycles. The summed E-state index contributed by atoms with van der Waals surface area (Å²) in [4.78, 5) is 37.0. The Kier molecular flexibility index (Phi) is 7.65. The third-order valence-electron chi connectivity index (χ3n) is 3.90. The van der Waals surface area contributed by atoms with Crippen molar-refractivity contribution >= 4 is 35.1 Å². The van der Waals surface area contributed by atoms with E-state index in [-0.39, 0.29) is 29.2 Å². The fourth-order valence-corrected chi connectivity index (χ4v) is 2.70. The van der Waals surface area contributed by atoms with Crippen LogP contribution in [0.15, 0.2) is 54.6 Å². The van der Waals surface area contributed by atoms with Gasteiger partial charge in [-0.05, 0) is 36.0 Å². The summed E-state index contributed by atoms with van der Waals surface area (Å²) in [5.74, 6) is -1.46. The Morgan fingerprint density at radius 1 is 1.07 bits per heavy atom. The highest BCUT2D eigenvalue weighted by Crippen LogP contribution is 2.09. The first-order valence-corrected chi connectivity index (χ1v) is 8.92. The molecule has 7 nitrogen and oxygen atoms in total. The standard InChI is InChI=1S/C20H21N3O4S/c1-27-19(26)16-9-5-8-15(12-16)18(25)22-20(28)23(11-10-17(21)24)13-14-6-3-2-4-7-14/h2-9,12H,10-11,13H2,1H3,(H2,21,24)(H,22,25,28). The molecule has 0 heterocycles. The van der Waals surface area contributed by atoms with Gasteiger partial charge in [0.2, 0.25) is 5.91 Å². The number of benzene rings is 2. The van der Waals surface area contributed by atoms with Crippen LogP contribution in [0.1, 0.15) is 32.7 Å². The zero-order valence-corrected chi connectivity index (χ0v) is 16.2. The molecule has 0 atom stereocenters. The largest absolute Gasteiger partial charge is 0.465 e. The highest BCUT2D eigenvalue weighted by Gasteiger charge is 2.16. The highest BCUT2D eigenvalue weighted by atomic mass is 32.1. The average Bonchev–Trinajstić information content (AvgIpc) is 2.71. The Morgan fingerprint density at radius 2 is 1.75 bits per heavy atom. The summed E-state index contributed by atoms with van der Waals surface area (Å²) >= 11 is 5.36. The number of esters is 1. The number of ether oxygens (including phenoxy) is 1. The number of thiocarbonyl (C=S) groups is 1. The SMILES string of the molecule is COC(=O)c1cccc(C(=O)NC(=S)N(CCC(N)=O)Cc2ccccc2)c1. The van der Waals surface area contributed by atoms with Gasteiger partial charge in [0.25, 0.3) is 5.91 Å². The molecule has 2 aromatic carbocycles. The molecule has 0 bridgehead atoms. The Balaban J connectivity index is 2.11. The Labute approximate surface area is 168 Å². The smallest absolute Gasteiger partial charge is 0.337 e. The van der Waals surface area contributed by atoms with Crippen molar-refractivity contribution < 1.29 is 19.1 Å². The van der Waals surface area contributed by atoms with Crippen LogP contribution in [0, 0.1) is 0 Å². The fourth-order valence-electron chi connectivity index (χ4n) is 2.45. The number of hydrogen-bond acceptors (Lipinski definition) is 5. The van der Waals surface area contributed by atoms with Crippen molar-refractivity contribution in [2.75, 3.05) is 13.7 Å². The van der Waals surface area contributed by atoms with Crippen molar-refractivity contribution in [3.63, 3.8) is 0 Å². The molecule has 0 fully saturated rings. The first-order chi connectivity index (χ1) is 13.4. The molecule has 0 aliphatic rings. The van der Waals surface area contributed by atoms with Gasteiger partial charge in [-0.3, -0.25) is 14.9 Å². The summed E-state index contributed by atoms with van der Waals surface area (Å²) < 4.78 is 4.66. The minimum Gasteiger partial charge on any atom is -0.465 e.